The monoisotopic (exact) mass is 386 g/mol. The molecule has 0 fully saturated rings. The lowest BCUT2D eigenvalue weighted by Gasteiger charge is -2.31. The fourth-order valence-corrected chi connectivity index (χ4v) is 5.05. The first kappa shape index (κ1) is 17.3. The number of anilines is 2. The van der Waals surface area contributed by atoms with Crippen molar-refractivity contribution in [1.29, 1.82) is 0 Å². The van der Waals surface area contributed by atoms with E-state index in [4.69, 9.17) is 0 Å². The maximum atomic E-state index is 13.4. The van der Waals surface area contributed by atoms with Gasteiger partial charge < -0.3 is 10.6 Å². The number of fused-ring (bicyclic) bond motifs is 2. The van der Waals surface area contributed by atoms with Gasteiger partial charge in [-0.05, 0) is 36.1 Å². The molecule has 0 saturated heterocycles. The average Bonchev–Trinajstić information content (AvgIpc) is 3.17. The number of rotatable bonds is 2. The minimum atomic E-state index is -0.201. The van der Waals surface area contributed by atoms with Crippen molar-refractivity contribution in [3.63, 3.8) is 0 Å². The van der Waals surface area contributed by atoms with Gasteiger partial charge in [-0.3, -0.25) is 4.79 Å². The van der Waals surface area contributed by atoms with Crippen LogP contribution < -0.4 is 10.6 Å². The summed E-state index contributed by atoms with van der Waals surface area (Å²) in [6.07, 6.45) is 2.81. The summed E-state index contributed by atoms with van der Waals surface area (Å²) in [4.78, 5) is 14.6. The minimum absolute atomic E-state index is 0.0473. The number of thiophene rings is 1. The van der Waals surface area contributed by atoms with Gasteiger partial charge in [0.05, 0.1) is 23.3 Å². The molecule has 2 heterocycles. The molecule has 140 valence electrons. The summed E-state index contributed by atoms with van der Waals surface area (Å²) >= 11 is 1.70. The van der Waals surface area contributed by atoms with Crippen molar-refractivity contribution in [3.05, 3.63) is 93.8 Å². The first-order valence-electron chi connectivity index (χ1n) is 9.66. The second-order valence-electron chi connectivity index (χ2n) is 7.60. The number of carbonyl (C=O) groups excluding carboxylic acids is 1. The van der Waals surface area contributed by atoms with Gasteiger partial charge in [0, 0.05) is 22.9 Å². The normalized spacial score (nSPS) is 23.5. The zero-order chi connectivity index (χ0) is 19.1. The lowest BCUT2D eigenvalue weighted by atomic mass is 9.77. The van der Waals surface area contributed by atoms with Gasteiger partial charge in [0.1, 0.15) is 5.78 Å². The number of para-hydroxylation sites is 2. The molecule has 0 radical (unpaired) electrons. The second kappa shape index (κ2) is 6.95. The molecule has 0 spiro atoms. The predicted octanol–water partition coefficient (Wildman–Crippen LogP) is 5.89. The van der Waals surface area contributed by atoms with Gasteiger partial charge in [-0.1, -0.05) is 54.1 Å². The van der Waals surface area contributed by atoms with Crippen LogP contribution in [0.5, 0.6) is 0 Å². The summed E-state index contributed by atoms with van der Waals surface area (Å²) in [5, 5.41) is 9.29. The van der Waals surface area contributed by atoms with E-state index in [0.717, 1.165) is 17.1 Å². The van der Waals surface area contributed by atoms with Gasteiger partial charge in [-0.25, -0.2) is 0 Å². The standard InChI is InChI=1S/C24H22N2OS/c1-15-8-10-16(11-9-15)17-13-20-23(21(27)14-17)24(22-7-4-12-28-22)26-19-6-3-2-5-18(19)25-20/h2-13,17,23-26H,14H2,1H3. The van der Waals surface area contributed by atoms with Gasteiger partial charge in [0.25, 0.3) is 0 Å². The summed E-state index contributed by atoms with van der Waals surface area (Å²) in [5.74, 6) is 0.197. The third-order valence-electron chi connectivity index (χ3n) is 5.69. The first-order valence-corrected chi connectivity index (χ1v) is 10.5. The third kappa shape index (κ3) is 3.04. The van der Waals surface area contributed by atoms with Crippen molar-refractivity contribution in [2.24, 2.45) is 5.92 Å². The molecule has 2 aliphatic rings. The molecule has 2 aromatic carbocycles. The molecule has 3 aromatic rings. The molecule has 3 unspecified atom stereocenters. The highest BCUT2D eigenvalue weighted by Gasteiger charge is 2.40. The van der Waals surface area contributed by atoms with Crippen LogP contribution in [0, 0.1) is 12.8 Å². The van der Waals surface area contributed by atoms with E-state index in [1.807, 2.05) is 12.1 Å². The Hall–Kier alpha value is -2.85. The quantitative estimate of drug-likeness (QED) is 0.577. The second-order valence-corrected chi connectivity index (χ2v) is 8.57. The number of hydrogen-bond acceptors (Lipinski definition) is 4. The number of nitrogens with one attached hydrogen (secondary N) is 2. The summed E-state index contributed by atoms with van der Waals surface area (Å²) in [6.45, 7) is 2.09. The molecule has 3 nitrogen and oxygen atoms in total. The molecule has 0 saturated carbocycles. The maximum absolute atomic E-state index is 13.4. The number of hydrogen-bond donors (Lipinski definition) is 2. The van der Waals surface area contributed by atoms with E-state index in [1.165, 1.54) is 16.0 Å². The minimum Gasteiger partial charge on any atom is -0.375 e. The largest absolute Gasteiger partial charge is 0.375 e. The van der Waals surface area contributed by atoms with Gasteiger partial charge in [0.2, 0.25) is 0 Å². The molecular formula is C24H22N2OS. The van der Waals surface area contributed by atoms with Crippen molar-refractivity contribution in [1.82, 2.24) is 0 Å². The van der Waals surface area contributed by atoms with E-state index in [-0.39, 0.29) is 23.7 Å². The summed E-state index contributed by atoms with van der Waals surface area (Å²) in [7, 11) is 0. The van der Waals surface area contributed by atoms with Crippen molar-refractivity contribution >= 4 is 28.5 Å². The molecule has 4 heteroatoms. The molecule has 1 aromatic heterocycles. The third-order valence-corrected chi connectivity index (χ3v) is 6.64. The molecule has 5 rings (SSSR count). The highest BCUT2D eigenvalue weighted by molar-refractivity contribution is 7.10. The summed E-state index contributed by atoms with van der Waals surface area (Å²) < 4.78 is 0. The highest BCUT2D eigenvalue weighted by Crippen LogP contribution is 2.45. The first-order chi connectivity index (χ1) is 13.7. The average molecular weight is 387 g/mol. The van der Waals surface area contributed by atoms with Gasteiger partial charge in [-0.2, -0.15) is 0 Å². The van der Waals surface area contributed by atoms with Crippen molar-refractivity contribution in [2.45, 2.75) is 25.3 Å². The summed E-state index contributed by atoms with van der Waals surface area (Å²) in [6, 6.07) is 20.8. The van der Waals surface area contributed by atoms with E-state index >= 15 is 0 Å². The molecule has 0 amide bonds. The smallest absolute Gasteiger partial charge is 0.145 e. The van der Waals surface area contributed by atoms with Crippen LogP contribution >= 0.6 is 11.3 Å². The van der Waals surface area contributed by atoms with Gasteiger partial charge in [-0.15, -0.1) is 11.3 Å². The van der Waals surface area contributed by atoms with Gasteiger partial charge >= 0.3 is 0 Å². The molecule has 1 aliphatic carbocycles. The lowest BCUT2D eigenvalue weighted by Crippen LogP contribution is -2.33. The number of Topliss-reactive ketones (excluding diaryl/α,β-unsaturated/α-hetero) is 1. The van der Waals surface area contributed by atoms with Crippen LogP contribution in [0.25, 0.3) is 0 Å². The fourth-order valence-electron chi connectivity index (χ4n) is 4.24. The highest BCUT2D eigenvalue weighted by atomic mass is 32.1. The lowest BCUT2D eigenvalue weighted by molar-refractivity contribution is -0.122. The maximum Gasteiger partial charge on any atom is 0.145 e. The van der Waals surface area contributed by atoms with E-state index in [1.54, 1.807) is 11.3 Å². The van der Waals surface area contributed by atoms with Crippen LogP contribution in [0.15, 0.2) is 77.8 Å². The number of aryl methyl sites for hydroxylation is 1. The number of allylic oxidation sites excluding steroid dienone is 1. The molecule has 0 bridgehead atoms. The Kier molecular flexibility index (Phi) is 4.29. The van der Waals surface area contributed by atoms with Crippen LogP contribution in [0.2, 0.25) is 0 Å². The Labute approximate surface area is 169 Å². The predicted molar refractivity (Wildman–Crippen MR) is 116 cm³/mol. The van der Waals surface area contributed by atoms with Crippen molar-refractivity contribution < 1.29 is 4.79 Å². The van der Waals surface area contributed by atoms with E-state index in [2.05, 4.69) is 77.5 Å². The Morgan fingerprint density at radius 1 is 0.964 bits per heavy atom. The van der Waals surface area contributed by atoms with Crippen molar-refractivity contribution in [3.8, 4) is 0 Å². The Morgan fingerprint density at radius 2 is 1.75 bits per heavy atom. The molecule has 1 aliphatic heterocycles. The van der Waals surface area contributed by atoms with Crippen LogP contribution in [0.1, 0.15) is 34.4 Å². The summed E-state index contributed by atoms with van der Waals surface area (Å²) in [5.41, 5.74) is 5.51. The van der Waals surface area contributed by atoms with E-state index in [9.17, 15) is 4.79 Å². The molecule has 2 N–H and O–H groups in total. The van der Waals surface area contributed by atoms with Crippen LogP contribution in [-0.2, 0) is 4.79 Å². The van der Waals surface area contributed by atoms with Gasteiger partial charge in [0.15, 0.2) is 0 Å². The Balaban J connectivity index is 1.61. The van der Waals surface area contributed by atoms with Crippen LogP contribution in [0.4, 0.5) is 11.4 Å². The number of benzene rings is 2. The SMILES string of the molecule is Cc1ccc(C2C=C3Nc4ccccc4NC(c4cccs4)C3C(=O)C2)cc1. The fraction of sp³-hybridized carbons (Fsp3) is 0.208. The number of carbonyl (C=O) groups is 1. The number of ketones is 1. The zero-order valence-electron chi connectivity index (χ0n) is 15.7. The van der Waals surface area contributed by atoms with E-state index in [0.29, 0.717) is 6.42 Å². The van der Waals surface area contributed by atoms with Crippen molar-refractivity contribution in [2.75, 3.05) is 10.6 Å². The Bertz CT molecular complexity index is 1040. The molecule has 3 atom stereocenters. The topological polar surface area (TPSA) is 41.1 Å². The van der Waals surface area contributed by atoms with Crippen LogP contribution in [0.3, 0.4) is 0 Å². The van der Waals surface area contributed by atoms with Crippen LogP contribution in [-0.4, -0.2) is 5.78 Å². The molecular weight excluding hydrogens is 364 g/mol. The molecule has 28 heavy (non-hydrogen) atoms. The zero-order valence-corrected chi connectivity index (χ0v) is 16.5. The van der Waals surface area contributed by atoms with E-state index < -0.39 is 0 Å². The Morgan fingerprint density at radius 3 is 2.50 bits per heavy atom.